The van der Waals surface area contributed by atoms with Gasteiger partial charge in [-0.3, -0.25) is 0 Å². The minimum Gasteiger partial charge on any atom is -0.496 e. The first-order chi connectivity index (χ1) is 12.8. The number of para-hydroxylation sites is 1. The van der Waals surface area contributed by atoms with Crippen molar-refractivity contribution in [2.24, 2.45) is 5.92 Å². The van der Waals surface area contributed by atoms with Crippen LogP contribution in [-0.2, 0) is 0 Å². The largest absolute Gasteiger partial charge is 0.496 e. The van der Waals surface area contributed by atoms with E-state index in [2.05, 4.69) is 60.8 Å². The van der Waals surface area contributed by atoms with Crippen molar-refractivity contribution in [2.45, 2.75) is 38.1 Å². The van der Waals surface area contributed by atoms with E-state index in [-0.39, 0.29) is 6.04 Å². The minimum absolute atomic E-state index is 0.255. The molecule has 0 amide bonds. The first-order valence-electron chi connectivity index (χ1n) is 9.64. The van der Waals surface area contributed by atoms with Crippen LogP contribution in [0.5, 0.6) is 11.5 Å². The maximum Gasteiger partial charge on any atom is 0.124 e. The van der Waals surface area contributed by atoms with Gasteiger partial charge in [-0.05, 0) is 48.6 Å². The van der Waals surface area contributed by atoms with Crippen LogP contribution in [0.4, 0.5) is 5.69 Å². The molecule has 3 heteroatoms. The fraction of sp³-hybridized carbons (Fsp3) is 0.391. The van der Waals surface area contributed by atoms with E-state index in [0.717, 1.165) is 37.4 Å². The maximum absolute atomic E-state index is 5.94. The number of fused-ring (bicyclic) bond motifs is 3. The third-order valence-corrected chi connectivity index (χ3v) is 5.57. The molecule has 1 heterocycles. The standard InChI is InChI=1S/C23H27NO2/c1-3-4-14-26-16-12-13-21-20(15-16)17-9-7-10-18(17)23(24-21)19-8-5-6-11-22(19)25-2/h5-9,11-13,15,17-18,23-24H,3-4,10,14H2,1-2H3. The lowest BCUT2D eigenvalue weighted by Crippen LogP contribution is -2.29. The third kappa shape index (κ3) is 3.07. The quantitative estimate of drug-likeness (QED) is 0.536. The number of unbranched alkanes of at least 4 members (excludes halogenated alkanes) is 1. The highest BCUT2D eigenvalue weighted by molar-refractivity contribution is 5.62. The lowest BCUT2D eigenvalue weighted by molar-refractivity contribution is 0.308. The fourth-order valence-corrected chi connectivity index (χ4v) is 4.23. The highest BCUT2D eigenvalue weighted by Crippen LogP contribution is 2.51. The summed E-state index contributed by atoms with van der Waals surface area (Å²) < 4.78 is 11.6. The van der Waals surface area contributed by atoms with Gasteiger partial charge in [0, 0.05) is 17.2 Å². The first kappa shape index (κ1) is 17.0. The molecule has 0 saturated heterocycles. The topological polar surface area (TPSA) is 30.5 Å². The van der Waals surface area contributed by atoms with Crippen molar-refractivity contribution < 1.29 is 9.47 Å². The molecule has 4 rings (SSSR count). The average molecular weight is 349 g/mol. The molecular weight excluding hydrogens is 322 g/mol. The molecule has 0 bridgehead atoms. The van der Waals surface area contributed by atoms with Crippen LogP contribution in [0.2, 0.25) is 0 Å². The summed E-state index contributed by atoms with van der Waals surface area (Å²) in [6.07, 6.45) is 8.01. The van der Waals surface area contributed by atoms with E-state index in [1.54, 1.807) is 7.11 Å². The van der Waals surface area contributed by atoms with Crippen LogP contribution in [0, 0.1) is 5.92 Å². The van der Waals surface area contributed by atoms with Crippen molar-refractivity contribution in [1.82, 2.24) is 0 Å². The van der Waals surface area contributed by atoms with Gasteiger partial charge in [-0.25, -0.2) is 0 Å². The van der Waals surface area contributed by atoms with Gasteiger partial charge in [0.05, 0.1) is 19.8 Å². The van der Waals surface area contributed by atoms with Crippen molar-refractivity contribution in [2.75, 3.05) is 19.0 Å². The molecule has 0 aromatic heterocycles. The molecular formula is C23H27NO2. The highest BCUT2D eigenvalue weighted by Gasteiger charge is 2.39. The number of rotatable bonds is 6. The van der Waals surface area contributed by atoms with E-state index < -0.39 is 0 Å². The van der Waals surface area contributed by atoms with Gasteiger partial charge in [0.25, 0.3) is 0 Å². The highest BCUT2D eigenvalue weighted by atomic mass is 16.5. The Balaban J connectivity index is 1.66. The van der Waals surface area contributed by atoms with E-state index in [1.807, 2.05) is 6.07 Å². The molecule has 0 fully saturated rings. The Labute approximate surface area is 156 Å². The van der Waals surface area contributed by atoms with E-state index in [9.17, 15) is 0 Å². The summed E-state index contributed by atoms with van der Waals surface area (Å²) in [7, 11) is 1.75. The number of hydrogen-bond donors (Lipinski definition) is 1. The normalized spacial score (nSPS) is 23.1. The molecule has 3 unspecified atom stereocenters. The van der Waals surface area contributed by atoms with E-state index >= 15 is 0 Å². The van der Waals surface area contributed by atoms with Crippen molar-refractivity contribution in [3.8, 4) is 11.5 Å². The monoisotopic (exact) mass is 349 g/mol. The Morgan fingerprint density at radius 2 is 2.00 bits per heavy atom. The van der Waals surface area contributed by atoms with E-state index in [4.69, 9.17) is 9.47 Å². The molecule has 1 aliphatic heterocycles. The number of benzene rings is 2. The van der Waals surface area contributed by atoms with Gasteiger partial charge >= 0.3 is 0 Å². The van der Waals surface area contributed by atoms with Crippen molar-refractivity contribution in [3.05, 3.63) is 65.7 Å². The maximum atomic E-state index is 5.94. The third-order valence-electron chi connectivity index (χ3n) is 5.57. The van der Waals surface area contributed by atoms with Crippen LogP contribution >= 0.6 is 0 Å². The SMILES string of the molecule is CCCCOc1ccc2c(c1)C1C=CCC1C(c1ccccc1OC)N2. The molecule has 0 saturated carbocycles. The molecule has 0 radical (unpaired) electrons. The van der Waals surface area contributed by atoms with Gasteiger partial charge in [-0.1, -0.05) is 43.7 Å². The predicted molar refractivity (Wildman–Crippen MR) is 106 cm³/mol. The van der Waals surface area contributed by atoms with Gasteiger partial charge in [-0.15, -0.1) is 0 Å². The second-order valence-corrected chi connectivity index (χ2v) is 7.17. The Morgan fingerprint density at radius 1 is 1.12 bits per heavy atom. The second-order valence-electron chi connectivity index (χ2n) is 7.17. The van der Waals surface area contributed by atoms with Gasteiger partial charge in [0.2, 0.25) is 0 Å². The molecule has 0 spiro atoms. The smallest absolute Gasteiger partial charge is 0.124 e. The number of methoxy groups -OCH3 is 1. The zero-order valence-electron chi connectivity index (χ0n) is 15.6. The van der Waals surface area contributed by atoms with Crippen LogP contribution in [-0.4, -0.2) is 13.7 Å². The second kappa shape index (κ2) is 7.45. The molecule has 1 aliphatic carbocycles. The van der Waals surface area contributed by atoms with Gasteiger partial charge in [0.15, 0.2) is 0 Å². The van der Waals surface area contributed by atoms with Gasteiger partial charge < -0.3 is 14.8 Å². The average Bonchev–Trinajstić information content (AvgIpc) is 3.18. The molecule has 2 aliphatic rings. The van der Waals surface area contributed by atoms with E-state index in [1.165, 1.54) is 16.8 Å². The number of anilines is 1. The minimum atomic E-state index is 0.255. The van der Waals surface area contributed by atoms with Crippen LogP contribution in [0.25, 0.3) is 0 Å². The molecule has 1 N–H and O–H groups in total. The summed E-state index contributed by atoms with van der Waals surface area (Å²) >= 11 is 0. The van der Waals surface area contributed by atoms with Crippen LogP contribution in [0.3, 0.4) is 0 Å². The van der Waals surface area contributed by atoms with Crippen LogP contribution in [0.15, 0.2) is 54.6 Å². The van der Waals surface area contributed by atoms with Crippen LogP contribution in [0.1, 0.15) is 49.3 Å². The number of nitrogens with one attached hydrogen (secondary N) is 1. The van der Waals surface area contributed by atoms with Crippen molar-refractivity contribution in [1.29, 1.82) is 0 Å². The van der Waals surface area contributed by atoms with Crippen molar-refractivity contribution in [3.63, 3.8) is 0 Å². The molecule has 26 heavy (non-hydrogen) atoms. The summed E-state index contributed by atoms with van der Waals surface area (Å²) in [5, 5.41) is 3.78. The molecule has 136 valence electrons. The summed E-state index contributed by atoms with van der Waals surface area (Å²) in [6.45, 7) is 2.97. The van der Waals surface area contributed by atoms with Gasteiger partial charge in [-0.2, -0.15) is 0 Å². The van der Waals surface area contributed by atoms with Crippen molar-refractivity contribution >= 4 is 5.69 Å². The van der Waals surface area contributed by atoms with Crippen LogP contribution < -0.4 is 14.8 Å². The lowest BCUT2D eigenvalue weighted by Gasteiger charge is -2.38. The summed E-state index contributed by atoms with van der Waals surface area (Å²) in [4.78, 5) is 0. The summed E-state index contributed by atoms with van der Waals surface area (Å²) in [5.41, 5.74) is 3.79. The van der Waals surface area contributed by atoms with Gasteiger partial charge in [0.1, 0.15) is 11.5 Å². The Morgan fingerprint density at radius 3 is 2.85 bits per heavy atom. The number of ether oxygens (including phenoxy) is 2. The zero-order valence-corrected chi connectivity index (χ0v) is 15.6. The predicted octanol–water partition coefficient (Wildman–Crippen LogP) is 5.70. The fourth-order valence-electron chi connectivity index (χ4n) is 4.23. The first-order valence-corrected chi connectivity index (χ1v) is 9.64. The Hall–Kier alpha value is -2.42. The molecule has 2 aromatic carbocycles. The summed E-state index contributed by atoms with van der Waals surface area (Å²) in [6, 6.07) is 15.1. The zero-order chi connectivity index (χ0) is 17.9. The Bertz CT molecular complexity index is 799. The number of allylic oxidation sites excluding steroid dienone is 2. The van der Waals surface area contributed by atoms with E-state index in [0.29, 0.717) is 11.8 Å². The lowest BCUT2D eigenvalue weighted by atomic mass is 9.77. The Kier molecular flexibility index (Phi) is 4.87. The molecule has 3 nitrogen and oxygen atoms in total. The summed E-state index contributed by atoms with van der Waals surface area (Å²) in [5.74, 6) is 2.87. The molecule has 3 atom stereocenters. The molecule has 2 aromatic rings. The number of hydrogen-bond acceptors (Lipinski definition) is 3.